The monoisotopic (exact) mass is 238 g/mol. The van der Waals surface area contributed by atoms with Crippen LogP contribution in [0.5, 0.6) is 5.88 Å². The fourth-order valence-electron chi connectivity index (χ4n) is 1.39. The zero-order valence-corrected chi connectivity index (χ0v) is 10.7. The Morgan fingerprint density at radius 2 is 2.06 bits per heavy atom. The predicted octanol–water partition coefficient (Wildman–Crippen LogP) is 2.04. The summed E-state index contributed by atoms with van der Waals surface area (Å²) in [6, 6.07) is 3.89. The third kappa shape index (κ3) is 5.15. The number of unbranched alkanes of at least 4 members (excludes halogenated alkanes) is 1. The summed E-state index contributed by atoms with van der Waals surface area (Å²) in [4.78, 5) is 4.32. The molecule has 0 bridgehead atoms. The molecule has 0 saturated heterocycles. The highest BCUT2D eigenvalue weighted by atomic mass is 16.5. The van der Waals surface area contributed by atoms with Crippen molar-refractivity contribution in [1.29, 1.82) is 0 Å². The summed E-state index contributed by atoms with van der Waals surface area (Å²) < 4.78 is 11.0. The third-order valence-electron chi connectivity index (χ3n) is 2.41. The van der Waals surface area contributed by atoms with Gasteiger partial charge in [-0.2, -0.15) is 0 Å². The Balaban J connectivity index is 2.32. The summed E-state index contributed by atoms with van der Waals surface area (Å²) in [5.74, 6) is 0.631. The molecule has 0 amide bonds. The summed E-state index contributed by atoms with van der Waals surface area (Å²) in [7, 11) is 0. The van der Waals surface area contributed by atoms with Crippen LogP contribution in [0, 0.1) is 6.92 Å². The van der Waals surface area contributed by atoms with Gasteiger partial charge in [-0.3, -0.25) is 0 Å². The van der Waals surface area contributed by atoms with Gasteiger partial charge in [0.15, 0.2) is 0 Å². The fourth-order valence-corrected chi connectivity index (χ4v) is 1.39. The van der Waals surface area contributed by atoms with Gasteiger partial charge >= 0.3 is 0 Å². The first kappa shape index (κ1) is 13.9. The number of nitrogens with two attached hydrogens (primary N) is 1. The molecule has 0 saturated carbocycles. The highest BCUT2D eigenvalue weighted by Crippen LogP contribution is 2.15. The lowest BCUT2D eigenvalue weighted by Crippen LogP contribution is -2.11. The Labute approximate surface area is 103 Å². The highest BCUT2D eigenvalue weighted by Gasteiger charge is 2.04. The number of ether oxygens (including phenoxy) is 2. The van der Waals surface area contributed by atoms with Gasteiger partial charge in [-0.1, -0.05) is 19.4 Å². The fraction of sp³-hybridized carbons (Fsp3) is 0.615. The first-order valence-corrected chi connectivity index (χ1v) is 6.15. The molecule has 0 aliphatic carbocycles. The van der Waals surface area contributed by atoms with Gasteiger partial charge in [-0.05, 0) is 19.4 Å². The molecule has 1 rings (SSSR count). The number of aromatic nitrogens is 1. The Kier molecular flexibility index (Phi) is 6.58. The highest BCUT2D eigenvalue weighted by molar-refractivity contribution is 5.27. The minimum absolute atomic E-state index is 0.444. The Hall–Kier alpha value is -1.13. The van der Waals surface area contributed by atoms with E-state index in [1.807, 2.05) is 19.1 Å². The van der Waals surface area contributed by atoms with Gasteiger partial charge < -0.3 is 15.2 Å². The van der Waals surface area contributed by atoms with E-state index in [1.165, 1.54) is 0 Å². The first-order chi connectivity index (χ1) is 8.27. The van der Waals surface area contributed by atoms with E-state index in [1.54, 1.807) is 0 Å². The molecule has 1 heterocycles. The lowest BCUT2D eigenvalue weighted by atomic mass is 10.2. The second-order valence-corrected chi connectivity index (χ2v) is 3.94. The van der Waals surface area contributed by atoms with E-state index in [4.69, 9.17) is 15.2 Å². The summed E-state index contributed by atoms with van der Waals surface area (Å²) in [5.41, 5.74) is 7.49. The van der Waals surface area contributed by atoms with Crippen molar-refractivity contribution in [3.63, 3.8) is 0 Å². The molecule has 4 nitrogen and oxygen atoms in total. The lowest BCUT2D eigenvalue weighted by Gasteiger charge is -2.10. The third-order valence-corrected chi connectivity index (χ3v) is 2.41. The minimum atomic E-state index is 0.444. The first-order valence-electron chi connectivity index (χ1n) is 6.15. The molecule has 4 heteroatoms. The number of pyridine rings is 1. The lowest BCUT2D eigenvalue weighted by molar-refractivity contribution is 0.0961. The van der Waals surface area contributed by atoms with E-state index in [0.717, 1.165) is 30.7 Å². The van der Waals surface area contributed by atoms with Crippen LogP contribution in [0.15, 0.2) is 12.1 Å². The maximum atomic E-state index is 5.62. The number of hydrogen-bond acceptors (Lipinski definition) is 4. The van der Waals surface area contributed by atoms with Crippen LogP contribution in [0.2, 0.25) is 0 Å². The molecule has 1 aromatic heterocycles. The van der Waals surface area contributed by atoms with Gasteiger partial charge in [0.05, 0.1) is 6.61 Å². The van der Waals surface area contributed by atoms with E-state index in [9.17, 15) is 0 Å². The SMILES string of the molecule is CCCCOCCOc1nc(C)ccc1CN. The van der Waals surface area contributed by atoms with Crippen molar-refractivity contribution in [3.05, 3.63) is 23.4 Å². The second-order valence-electron chi connectivity index (χ2n) is 3.94. The van der Waals surface area contributed by atoms with E-state index in [2.05, 4.69) is 11.9 Å². The molecular formula is C13H22N2O2. The molecule has 0 spiro atoms. The van der Waals surface area contributed by atoms with Crippen molar-refractivity contribution in [3.8, 4) is 5.88 Å². The van der Waals surface area contributed by atoms with Crippen LogP contribution < -0.4 is 10.5 Å². The molecule has 0 aliphatic rings. The van der Waals surface area contributed by atoms with Crippen LogP contribution in [0.25, 0.3) is 0 Å². The van der Waals surface area contributed by atoms with Crippen molar-refractivity contribution in [1.82, 2.24) is 4.98 Å². The maximum Gasteiger partial charge on any atom is 0.218 e. The summed E-state index contributed by atoms with van der Waals surface area (Å²) in [5, 5.41) is 0. The minimum Gasteiger partial charge on any atom is -0.475 e. The molecule has 17 heavy (non-hydrogen) atoms. The van der Waals surface area contributed by atoms with Gasteiger partial charge in [0.1, 0.15) is 6.61 Å². The van der Waals surface area contributed by atoms with E-state index in [0.29, 0.717) is 25.6 Å². The topological polar surface area (TPSA) is 57.4 Å². The van der Waals surface area contributed by atoms with Crippen molar-refractivity contribution in [2.75, 3.05) is 19.8 Å². The van der Waals surface area contributed by atoms with Crippen LogP contribution in [0.3, 0.4) is 0 Å². The van der Waals surface area contributed by atoms with Crippen LogP contribution in [-0.4, -0.2) is 24.8 Å². The van der Waals surface area contributed by atoms with E-state index < -0.39 is 0 Å². The Morgan fingerprint density at radius 1 is 1.24 bits per heavy atom. The summed E-state index contributed by atoms with van der Waals surface area (Å²) in [6.07, 6.45) is 2.24. The van der Waals surface area contributed by atoms with E-state index >= 15 is 0 Å². The molecule has 1 aromatic rings. The van der Waals surface area contributed by atoms with Crippen LogP contribution in [0.1, 0.15) is 31.0 Å². The number of aryl methyl sites for hydroxylation is 1. The quantitative estimate of drug-likeness (QED) is 0.704. The van der Waals surface area contributed by atoms with Crippen molar-refractivity contribution < 1.29 is 9.47 Å². The van der Waals surface area contributed by atoms with Crippen molar-refractivity contribution >= 4 is 0 Å². The van der Waals surface area contributed by atoms with Crippen LogP contribution in [0.4, 0.5) is 0 Å². The second kappa shape index (κ2) is 8.03. The standard InChI is InChI=1S/C13H22N2O2/c1-3-4-7-16-8-9-17-13-12(10-14)6-5-11(2)15-13/h5-6H,3-4,7-10,14H2,1-2H3. The van der Waals surface area contributed by atoms with Gasteiger partial charge in [0.25, 0.3) is 0 Å². The predicted molar refractivity (Wildman–Crippen MR) is 68.1 cm³/mol. The maximum absolute atomic E-state index is 5.62. The molecule has 2 N–H and O–H groups in total. The van der Waals surface area contributed by atoms with Gasteiger partial charge in [0.2, 0.25) is 5.88 Å². The molecule has 0 aliphatic heterocycles. The number of nitrogens with zero attached hydrogens (tertiary/aromatic N) is 1. The smallest absolute Gasteiger partial charge is 0.218 e. The van der Waals surface area contributed by atoms with Crippen molar-refractivity contribution in [2.45, 2.75) is 33.2 Å². The van der Waals surface area contributed by atoms with E-state index in [-0.39, 0.29) is 0 Å². The van der Waals surface area contributed by atoms with Gasteiger partial charge in [-0.15, -0.1) is 0 Å². The number of hydrogen-bond donors (Lipinski definition) is 1. The van der Waals surface area contributed by atoms with Crippen LogP contribution >= 0.6 is 0 Å². The van der Waals surface area contributed by atoms with Crippen molar-refractivity contribution in [2.24, 2.45) is 5.73 Å². The Morgan fingerprint density at radius 3 is 2.76 bits per heavy atom. The molecule has 0 aromatic carbocycles. The molecule has 0 unspecified atom stereocenters. The van der Waals surface area contributed by atoms with Crippen LogP contribution in [-0.2, 0) is 11.3 Å². The molecule has 0 atom stereocenters. The molecular weight excluding hydrogens is 216 g/mol. The normalized spacial score (nSPS) is 10.5. The average molecular weight is 238 g/mol. The summed E-state index contributed by atoms with van der Waals surface area (Å²) >= 11 is 0. The molecule has 96 valence electrons. The zero-order valence-electron chi connectivity index (χ0n) is 10.7. The van der Waals surface area contributed by atoms with Gasteiger partial charge in [0, 0.05) is 24.4 Å². The molecule has 0 fully saturated rings. The molecule has 0 radical (unpaired) electrons. The number of rotatable bonds is 8. The largest absolute Gasteiger partial charge is 0.475 e. The average Bonchev–Trinajstić information content (AvgIpc) is 2.34. The van der Waals surface area contributed by atoms with Gasteiger partial charge in [-0.25, -0.2) is 4.98 Å². The zero-order chi connectivity index (χ0) is 12.5. The Bertz CT molecular complexity index is 329. The summed E-state index contributed by atoms with van der Waals surface area (Å²) in [6.45, 7) is 6.44.